The van der Waals surface area contributed by atoms with E-state index in [2.05, 4.69) is 0 Å². The van der Waals surface area contributed by atoms with E-state index in [-0.39, 0.29) is 0 Å². The Morgan fingerprint density at radius 2 is 0.871 bits per heavy atom. The molecule has 0 heterocycles. The first-order valence-electron chi connectivity index (χ1n) is 10.9. The lowest BCUT2D eigenvalue weighted by atomic mass is 10.3. The molecule has 0 saturated carbocycles. The minimum Gasteiger partial charge on any atom is -0.489 e. The van der Waals surface area contributed by atoms with E-state index in [9.17, 15) is 0 Å². The van der Waals surface area contributed by atoms with E-state index in [1.807, 2.05) is 25.1 Å². The maximum atomic E-state index is 5.79. The fourth-order valence-corrected chi connectivity index (χ4v) is 2.29. The third-order valence-corrected chi connectivity index (χ3v) is 3.84. The van der Waals surface area contributed by atoms with Gasteiger partial charge in [0.15, 0.2) is 0 Å². The number of para-hydroxylation sites is 2. The van der Waals surface area contributed by atoms with E-state index in [1.165, 1.54) is 0 Å². The van der Waals surface area contributed by atoms with Crippen LogP contribution in [0.1, 0.15) is 6.92 Å². The van der Waals surface area contributed by atoms with Crippen LogP contribution in [0.2, 0.25) is 0 Å². The average Bonchev–Trinajstić information content (AvgIpc) is 2.78. The quantitative estimate of drug-likeness (QED) is 0.200. The summed E-state index contributed by atoms with van der Waals surface area (Å²) in [5.74, 6) is 0.676. The molecule has 1 aromatic rings. The van der Waals surface area contributed by atoms with Crippen LogP contribution < -0.4 is 10.5 Å². The summed E-state index contributed by atoms with van der Waals surface area (Å²) in [6.45, 7) is 10.2. The van der Waals surface area contributed by atoms with Crippen LogP contribution in [0.15, 0.2) is 24.3 Å². The lowest BCUT2D eigenvalue weighted by molar-refractivity contribution is -0.0208. The maximum Gasteiger partial charge on any atom is 0.142 e. The molecule has 0 aliphatic heterocycles. The molecule has 1 rings (SSSR count). The van der Waals surface area contributed by atoms with Crippen molar-refractivity contribution in [3.05, 3.63) is 24.3 Å². The second-order valence-corrected chi connectivity index (χ2v) is 6.26. The third kappa shape index (κ3) is 17.9. The third-order valence-electron chi connectivity index (χ3n) is 3.84. The molecule has 0 unspecified atom stereocenters. The molecule has 0 saturated heterocycles. The van der Waals surface area contributed by atoms with E-state index >= 15 is 0 Å². The Bertz CT molecular complexity index is 506. The summed E-state index contributed by atoms with van der Waals surface area (Å²) in [6.07, 6.45) is 0. The van der Waals surface area contributed by atoms with Crippen molar-refractivity contribution >= 4 is 5.69 Å². The van der Waals surface area contributed by atoms with Crippen molar-refractivity contribution < 1.29 is 37.9 Å². The standard InChI is InChI=1S/C22H39NO8/c1-2-24-7-8-25-9-10-26-11-12-27-13-14-28-15-16-29-17-18-30-19-20-31-22-6-4-3-5-21(22)23/h3-6H,2,7-20,23H2,1H3. The zero-order valence-electron chi connectivity index (χ0n) is 18.8. The minimum atomic E-state index is 0.449. The van der Waals surface area contributed by atoms with Crippen molar-refractivity contribution in [1.29, 1.82) is 0 Å². The number of benzene rings is 1. The van der Waals surface area contributed by atoms with Crippen molar-refractivity contribution in [2.24, 2.45) is 0 Å². The molecule has 1 aromatic carbocycles. The monoisotopic (exact) mass is 445 g/mol. The first kappa shape index (κ1) is 27.6. The molecule has 9 heteroatoms. The molecule has 180 valence electrons. The summed E-state index contributed by atoms with van der Waals surface area (Å²) in [4.78, 5) is 0. The molecular formula is C22H39NO8. The molecule has 9 nitrogen and oxygen atoms in total. The van der Waals surface area contributed by atoms with Gasteiger partial charge >= 0.3 is 0 Å². The zero-order valence-corrected chi connectivity index (χ0v) is 18.8. The number of nitrogen functional groups attached to an aromatic ring is 1. The van der Waals surface area contributed by atoms with Crippen LogP contribution in [-0.4, -0.2) is 99.1 Å². The van der Waals surface area contributed by atoms with E-state index in [0.717, 1.165) is 0 Å². The van der Waals surface area contributed by atoms with Crippen LogP contribution >= 0.6 is 0 Å². The first-order chi connectivity index (χ1) is 15.3. The highest BCUT2D eigenvalue weighted by molar-refractivity contribution is 5.51. The molecule has 0 aliphatic rings. The maximum absolute atomic E-state index is 5.79. The summed E-state index contributed by atoms with van der Waals surface area (Å²) in [6, 6.07) is 7.39. The number of anilines is 1. The van der Waals surface area contributed by atoms with E-state index in [4.69, 9.17) is 43.6 Å². The Balaban J connectivity index is 1.69. The molecule has 0 aromatic heterocycles. The molecule has 0 fully saturated rings. The normalized spacial score (nSPS) is 11.1. The molecule has 2 N–H and O–H groups in total. The summed E-state index contributed by atoms with van der Waals surface area (Å²) < 4.78 is 43.2. The van der Waals surface area contributed by atoms with Gasteiger partial charge in [-0.05, 0) is 19.1 Å². The molecule has 0 radical (unpaired) electrons. The van der Waals surface area contributed by atoms with Crippen LogP contribution in [0.25, 0.3) is 0 Å². The second kappa shape index (κ2) is 21.8. The van der Waals surface area contributed by atoms with Gasteiger partial charge in [0, 0.05) is 6.61 Å². The molecule has 0 aliphatic carbocycles. The van der Waals surface area contributed by atoms with Gasteiger partial charge in [0.25, 0.3) is 0 Å². The average molecular weight is 446 g/mol. The van der Waals surface area contributed by atoms with Crippen molar-refractivity contribution in [1.82, 2.24) is 0 Å². The molecule has 0 bridgehead atoms. The first-order valence-corrected chi connectivity index (χ1v) is 10.9. The van der Waals surface area contributed by atoms with Crippen LogP contribution in [0.4, 0.5) is 5.69 Å². The molecule has 0 atom stereocenters. The van der Waals surface area contributed by atoms with Crippen LogP contribution in [0.3, 0.4) is 0 Å². The van der Waals surface area contributed by atoms with Gasteiger partial charge in [-0.25, -0.2) is 0 Å². The Hall–Kier alpha value is -1.46. The zero-order chi connectivity index (χ0) is 22.2. The predicted octanol–water partition coefficient (Wildman–Crippen LogP) is 1.78. The second-order valence-electron chi connectivity index (χ2n) is 6.26. The summed E-state index contributed by atoms with van der Waals surface area (Å²) in [5.41, 5.74) is 6.42. The lowest BCUT2D eigenvalue weighted by Crippen LogP contribution is -2.15. The summed E-state index contributed by atoms with van der Waals surface area (Å²) in [5, 5.41) is 0. The number of nitrogens with two attached hydrogens (primary N) is 1. The van der Waals surface area contributed by atoms with Gasteiger partial charge in [0.05, 0.1) is 91.6 Å². The molecule has 0 amide bonds. The number of ether oxygens (including phenoxy) is 8. The Labute approximate surface area is 186 Å². The van der Waals surface area contributed by atoms with Crippen molar-refractivity contribution in [3.63, 3.8) is 0 Å². The SMILES string of the molecule is CCOCCOCCOCCOCCOCCOCCOCCOc1ccccc1N. The highest BCUT2D eigenvalue weighted by atomic mass is 16.6. The summed E-state index contributed by atoms with van der Waals surface area (Å²) in [7, 11) is 0. The summed E-state index contributed by atoms with van der Waals surface area (Å²) >= 11 is 0. The molecule has 0 spiro atoms. The lowest BCUT2D eigenvalue weighted by Gasteiger charge is -2.09. The number of rotatable bonds is 23. The number of hydrogen-bond acceptors (Lipinski definition) is 9. The van der Waals surface area contributed by atoms with Crippen LogP contribution in [0.5, 0.6) is 5.75 Å². The minimum absolute atomic E-state index is 0.449. The highest BCUT2D eigenvalue weighted by Crippen LogP contribution is 2.19. The van der Waals surface area contributed by atoms with E-state index < -0.39 is 0 Å². The van der Waals surface area contributed by atoms with E-state index in [0.29, 0.717) is 111 Å². The van der Waals surface area contributed by atoms with Crippen molar-refractivity contribution in [2.75, 3.05) is 105 Å². The van der Waals surface area contributed by atoms with Gasteiger partial charge in [-0.1, -0.05) is 12.1 Å². The molecule has 31 heavy (non-hydrogen) atoms. The van der Waals surface area contributed by atoms with Gasteiger partial charge in [0.1, 0.15) is 12.4 Å². The fourth-order valence-electron chi connectivity index (χ4n) is 2.29. The number of hydrogen-bond donors (Lipinski definition) is 1. The smallest absolute Gasteiger partial charge is 0.142 e. The van der Waals surface area contributed by atoms with Gasteiger partial charge in [-0.2, -0.15) is 0 Å². The largest absolute Gasteiger partial charge is 0.489 e. The Morgan fingerprint density at radius 3 is 1.26 bits per heavy atom. The van der Waals surface area contributed by atoms with Crippen LogP contribution in [-0.2, 0) is 33.2 Å². The van der Waals surface area contributed by atoms with Crippen molar-refractivity contribution in [3.8, 4) is 5.75 Å². The van der Waals surface area contributed by atoms with Crippen LogP contribution in [0, 0.1) is 0 Å². The van der Waals surface area contributed by atoms with Gasteiger partial charge in [-0.15, -0.1) is 0 Å². The van der Waals surface area contributed by atoms with Gasteiger partial charge in [-0.3, -0.25) is 0 Å². The van der Waals surface area contributed by atoms with Crippen molar-refractivity contribution in [2.45, 2.75) is 6.92 Å². The predicted molar refractivity (Wildman–Crippen MR) is 118 cm³/mol. The van der Waals surface area contributed by atoms with E-state index in [1.54, 1.807) is 6.07 Å². The Morgan fingerprint density at radius 1 is 0.516 bits per heavy atom. The van der Waals surface area contributed by atoms with Gasteiger partial charge < -0.3 is 43.6 Å². The fraction of sp³-hybridized carbons (Fsp3) is 0.727. The Kier molecular flexibility index (Phi) is 19.4. The van der Waals surface area contributed by atoms with Gasteiger partial charge in [0.2, 0.25) is 0 Å². The topological polar surface area (TPSA) is 99.9 Å². The molecular weight excluding hydrogens is 406 g/mol. The highest BCUT2D eigenvalue weighted by Gasteiger charge is 1.98.